The predicted octanol–water partition coefficient (Wildman–Crippen LogP) is 2.45. The number of fused-ring (bicyclic) bond motifs is 1. The van der Waals surface area contributed by atoms with E-state index in [1.807, 2.05) is 0 Å². The number of nitrogens with zero attached hydrogens (tertiary/aromatic N) is 2. The Hall–Kier alpha value is -3.39. The van der Waals surface area contributed by atoms with Gasteiger partial charge in [-0.25, -0.2) is 0 Å². The lowest BCUT2D eigenvalue weighted by Crippen LogP contribution is -2.36. The average molecular weight is 422 g/mol. The number of hydrogen-bond donors (Lipinski definition) is 1. The zero-order chi connectivity index (χ0) is 21.4. The number of benzene rings is 1. The molecular formula is C23H22N2O6. The maximum atomic E-state index is 13.1. The van der Waals surface area contributed by atoms with Crippen LogP contribution in [0, 0.1) is 0 Å². The van der Waals surface area contributed by atoms with E-state index in [4.69, 9.17) is 14.2 Å². The quantitative estimate of drug-likeness (QED) is 0.459. The van der Waals surface area contributed by atoms with Gasteiger partial charge in [0.2, 0.25) is 0 Å². The number of aliphatic hydroxyl groups is 1. The summed E-state index contributed by atoms with van der Waals surface area (Å²) >= 11 is 0. The molecule has 8 heteroatoms. The fourth-order valence-electron chi connectivity index (χ4n) is 4.31. The van der Waals surface area contributed by atoms with E-state index in [1.165, 1.54) is 4.90 Å². The van der Waals surface area contributed by atoms with Gasteiger partial charge in [-0.2, -0.15) is 0 Å². The first-order valence-electron chi connectivity index (χ1n) is 10.3. The van der Waals surface area contributed by atoms with Gasteiger partial charge in [0.1, 0.15) is 19.0 Å². The van der Waals surface area contributed by atoms with Crippen molar-refractivity contribution in [2.45, 2.75) is 25.0 Å². The Morgan fingerprint density at radius 3 is 2.58 bits per heavy atom. The van der Waals surface area contributed by atoms with Crippen molar-refractivity contribution >= 4 is 17.4 Å². The Labute approximate surface area is 179 Å². The molecule has 2 saturated heterocycles. The van der Waals surface area contributed by atoms with Gasteiger partial charge < -0.3 is 24.2 Å². The Morgan fingerprint density at radius 2 is 1.84 bits per heavy atom. The molecule has 31 heavy (non-hydrogen) atoms. The Morgan fingerprint density at radius 1 is 1.06 bits per heavy atom. The monoisotopic (exact) mass is 422 g/mol. The van der Waals surface area contributed by atoms with Crippen molar-refractivity contribution in [3.63, 3.8) is 0 Å². The van der Waals surface area contributed by atoms with Gasteiger partial charge in [0, 0.05) is 31.1 Å². The third-order valence-electron chi connectivity index (χ3n) is 5.80. The highest BCUT2D eigenvalue weighted by molar-refractivity contribution is 6.46. The van der Waals surface area contributed by atoms with Crippen molar-refractivity contribution < 1.29 is 28.9 Å². The van der Waals surface area contributed by atoms with Crippen LogP contribution in [0.1, 0.15) is 30.0 Å². The molecule has 3 aliphatic heterocycles. The molecular weight excluding hydrogens is 400 g/mol. The summed E-state index contributed by atoms with van der Waals surface area (Å²) in [5, 5.41) is 11.2. The second-order valence-corrected chi connectivity index (χ2v) is 7.73. The van der Waals surface area contributed by atoms with Gasteiger partial charge in [0.15, 0.2) is 11.5 Å². The van der Waals surface area contributed by atoms with Crippen LogP contribution in [0.25, 0.3) is 5.76 Å². The van der Waals surface area contributed by atoms with E-state index in [0.717, 1.165) is 12.8 Å². The SMILES string of the molecule is O=C1C(=O)N(CC2CCCO2)C(c2ccncc2)/C1=C(\O)c1ccc2c(c1)OCCO2. The molecule has 0 spiro atoms. The summed E-state index contributed by atoms with van der Waals surface area (Å²) in [6.45, 7) is 1.79. The molecule has 1 aromatic carbocycles. The van der Waals surface area contributed by atoms with Crippen LogP contribution in [-0.2, 0) is 14.3 Å². The van der Waals surface area contributed by atoms with Gasteiger partial charge in [-0.3, -0.25) is 14.6 Å². The molecule has 0 saturated carbocycles. The lowest BCUT2D eigenvalue weighted by Gasteiger charge is -2.27. The van der Waals surface area contributed by atoms with Crippen LogP contribution in [0.3, 0.4) is 0 Å². The molecule has 1 N–H and O–H groups in total. The lowest BCUT2D eigenvalue weighted by molar-refractivity contribution is -0.140. The van der Waals surface area contributed by atoms with Gasteiger partial charge in [-0.1, -0.05) is 0 Å². The molecule has 1 amide bonds. The number of aromatic nitrogens is 1. The highest BCUT2D eigenvalue weighted by Crippen LogP contribution is 2.41. The van der Waals surface area contributed by atoms with Crippen LogP contribution in [0.5, 0.6) is 11.5 Å². The summed E-state index contributed by atoms with van der Waals surface area (Å²) < 4.78 is 16.8. The van der Waals surface area contributed by atoms with Gasteiger partial charge in [-0.05, 0) is 48.7 Å². The van der Waals surface area contributed by atoms with E-state index in [1.54, 1.807) is 42.7 Å². The Kier molecular flexibility index (Phi) is 5.07. The van der Waals surface area contributed by atoms with Gasteiger partial charge in [0.25, 0.3) is 11.7 Å². The van der Waals surface area contributed by atoms with Gasteiger partial charge in [-0.15, -0.1) is 0 Å². The number of Topliss-reactive ketones (excluding diaryl/α,β-unsaturated/α-hetero) is 1. The molecule has 0 bridgehead atoms. The van der Waals surface area contributed by atoms with E-state index in [-0.39, 0.29) is 24.0 Å². The number of ether oxygens (including phenoxy) is 3. The summed E-state index contributed by atoms with van der Waals surface area (Å²) in [5.41, 5.74) is 1.13. The summed E-state index contributed by atoms with van der Waals surface area (Å²) in [4.78, 5) is 31.6. The van der Waals surface area contributed by atoms with Crippen LogP contribution in [0.2, 0.25) is 0 Å². The molecule has 2 fully saturated rings. The Balaban J connectivity index is 1.59. The number of carbonyl (C=O) groups is 2. The van der Waals surface area contributed by atoms with Crippen molar-refractivity contribution in [2.75, 3.05) is 26.4 Å². The second kappa shape index (κ2) is 8.03. The minimum absolute atomic E-state index is 0.0471. The molecule has 5 rings (SSSR count). The summed E-state index contributed by atoms with van der Waals surface area (Å²) in [6.07, 6.45) is 4.83. The number of pyridine rings is 1. The molecule has 0 aliphatic carbocycles. The molecule has 4 heterocycles. The van der Waals surface area contributed by atoms with Crippen molar-refractivity contribution in [3.05, 3.63) is 59.4 Å². The molecule has 3 aliphatic rings. The van der Waals surface area contributed by atoms with Crippen molar-refractivity contribution in [3.8, 4) is 11.5 Å². The minimum Gasteiger partial charge on any atom is -0.507 e. The average Bonchev–Trinajstić information content (AvgIpc) is 3.41. The van der Waals surface area contributed by atoms with Crippen LogP contribution in [0.15, 0.2) is 48.3 Å². The zero-order valence-corrected chi connectivity index (χ0v) is 16.8. The number of likely N-dealkylation sites (tertiary alicyclic amines) is 1. The zero-order valence-electron chi connectivity index (χ0n) is 16.8. The molecule has 8 nitrogen and oxygen atoms in total. The molecule has 2 aromatic rings. The van der Waals surface area contributed by atoms with E-state index in [2.05, 4.69) is 4.98 Å². The Bertz CT molecular complexity index is 1050. The fourth-order valence-corrected chi connectivity index (χ4v) is 4.31. The van der Waals surface area contributed by atoms with E-state index >= 15 is 0 Å². The van der Waals surface area contributed by atoms with E-state index in [9.17, 15) is 14.7 Å². The number of ketones is 1. The molecule has 0 radical (unpaired) electrons. The van der Waals surface area contributed by atoms with Crippen LogP contribution in [-0.4, -0.2) is 59.2 Å². The van der Waals surface area contributed by atoms with Gasteiger partial charge in [0.05, 0.1) is 17.7 Å². The highest BCUT2D eigenvalue weighted by Gasteiger charge is 2.47. The fraction of sp³-hybridized carbons (Fsp3) is 0.348. The minimum atomic E-state index is -0.722. The molecule has 1 aromatic heterocycles. The van der Waals surface area contributed by atoms with Crippen LogP contribution < -0.4 is 9.47 Å². The predicted molar refractivity (Wildman–Crippen MR) is 110 cm³/mol. The normalized spacial score (nSPS) is 24.6. The number of carbonyl (C=O) groups excluding carboxylic acids is 2. The molecule has 160 valence electrons. The number of rotatable bonds is 4. The van der Waals surface area contributed by atoms with Crippen molar-refractivity contribution in [1.82, 2.24) is 9.88 Å². The lowest BCUT2D eigenvalue weighted by atomic mass is 9.95. The summed E-state index contributed by atoms with van der Waals surface area (Å²) in [6, 6.07) is 7.74. The second-order valence-electron chi connectivity index (χ2n) is 7.73. The van der Waals surface area contributed by atoms with Crippen molar-refractivity contribution in [1.29, 1.82) is 0 Å². The van der Waals surface area contributed by atoms with Crippen LogP contribution in [0.4, 0.5) is 0 Å². The topological polar surface area (TPSA) is 98.2 Å². The van der Waals surface area contributed by atoms with Crippen molar-refractivity contribution in [2.24, 2.45) is 0 Å². The summed E-state index contributed by atoms with van der Waals surface area (Å²) in [7, 11) is 0. The van der Waals surface area contributed by atoms with E-state index < -0.39 is 17.7 Å². The number of amides is 1. The largest absolute Gasteiger partial charge is 0.507 e. The van der Waals surface area contributed by atoms with Gasteiger partial charge >= 0.3 is 0 Å². The van der Waals surface area contributed by atoms with E-state index in [0.29, 0.717) is 42.4 Å². The molecule has 2 atom stereocenters. The maximum absolute atomic E-state index is 13.1. The summed E-state index contributed by atoms with van der Waals surface area (Å²) in [5.74, 6) is -0.535. The highest BCUT2D eigenvalue weighted by atomic mass is 16.6. The molecule has 2 unspecified atom stereocenters. The third-order valence-corrected chi connectivity index (χ3v) is 5.80. The smallest absolute Gasteiger partial charge is 0.295 e. The first-order valence-corrected chi connectivity index (χ1v) is 10.3. The van der Waals surface area contributed by atoms with Crippen LogP contribution >= 0.6 is 0 Å². The maximum Gasteiger partial charge on any atom is 0.295 e. The first-order chi connectivity index (χ1) is 15.1. The number of hydrogen-bond acceptors (Lipinski definition) is 7. The third kappa shape index (κ3) is 3.53. The standard InChI is InChI=1S/C23H22N2O6/c26-21(15-3-4-17-18(12-15)31-11-10-30-17)19-20(14-5-7-24-8-6-14)25(23(28)22(19)27)13-16-2-1-9-29-16/h3-8,12,16,20,26H,1-2,9-11,13H2/b21-19+. The number of aliphatic hydroxyl groups excluding tert-OH is 1. The first kappa shape index (κ1) is 19.6.